The van der Waals surface area contributed by atoms with Crippen molar-refractivity contribution >= 4 is 0 Å². The topological polar surface area (TPSA) is 30.5 Å². The Balaban J connectivity index is 3.17. The lowest BCUT2D eigenvalue weighted by Crippen LogP contribution is -2.30. The average Bonchev–Trinajstić information content (AvgIpc) is 2.11. The van der Waals surface area contributed by atoms with Gasteiger partial charge in [0.25, 0.3) is 0 Å². The molecule has 0 radical (unpaired) electrons. The number of hydrogen-bond acceptors (Lipinski definition) is 3. The smallest absolute Gasteiger partial charge is 0.169 e. The average molecular weight is 173 g/mol. The van der Waals surface area contributed by atoms with Crippen molar-refractivity contribution in [1.82, 2.24) is 5.32 Å². The van der Waals surface area contributed by atoms with Gasteiger partial charge in [-0.2, -0.15) is 0 Å². The summed E-state index contributed by atoms with van der Waals surface area (Å²) in [6, 6.07) is 0. The second-order valence-electron chi connectivity index (χ2n) is 2.46. The van der Waals surface area contributed by atoms with Gasteiger partial charge < -0.3 is 14.8 Å². The molecule has 0 aliphatic heterocycles. The molecule has 0 unspecified atom stereocenters. The van der Waals surface area contributed by atoms with Gasteiger partial charge in [0.05, 0.1) is 0 Å². The molecule has 0 rings (SSSR count). The zero-order chi connectivity index (χ0) is 9.23. The Bertz CT molecular complexity index is 111. The van der Waals surface area contributed by atoms with Gasteiger partial charge in [0, 0.05) is 20.8 Å². The molecule has 0 aromatic heterocycles. The van der Waals surface area contributed by atoms with Crippen LogP contribution in [-0.2, 0) is 9.47 Å². The minimum Gasteiger partial charge on any atom is -0.355 e. The van der Waals surface area contributed by atoms with E-state index in [0.717, 1.165) is 19.5 Å². The molecule has 72 valence electrons. The third-order valence-electron chi connectivity index (χ3n) is 1.56. The van der Waals surface area contributed by atoms with E-state index in [0.29, 0.717) is 0 Å². The summed E-state index contributed by atoms with van der Waals surface area (Å²) in [4.78, 5) is 0. The Morgan fingerprint density at radius 3 is 2.50 bits per heavy atom. The van der Waals surface area contributed by atoms with Crippen LogP contribution in [-0.4, -0.2) is 33.6 Å². The van der Waals surface area contributed by atoms with Gasteiger partial charge in [0.2, 0.25) is 0 Å². The predicted molar refractivity (Wildman–Crippen MR) is 50.1 cm³/mol. The summed E-state index contributed by atoms with van der Waals surface area (Å²) >= 11 is 0. The van der Waals surface area contributed by atoms with E-state index in [-0.39, 0.29) is 6.29 Å². The van der Waals surface area contributed by atoms with E-state index in [9.17, 15) is 0 Å². The van der Waals surface area contributed by atoms with Crippen LogP contribution in [0.4, 0.5) is 0 Å². The maximum absolute atomic E-state index is 5.00. The zero-order valence-corrected chi connectivity index (χ0v) is 8.17. The Labute approximate surface area is 74.7 Å². The zero-order valence-electron chi connectivity index (χ0n) is 8.17. The molecule has 0 saturated heterocycles. The molecule has 0 fully saturated rings. The minimum absolute atomic E-state index is 0.129. The van der Waals surface area contributed by atoms with Crippen LogP contribution in [0.25, 0.3) is 0 Å². The van der Waals surface area contributed by atoms with E-state index in [1.165, 1.54) is 0 Å². The molecule has 0 spiro atoms. The molecule has 0 heterocycles. The van der Waals surface area contributed by atoms with Crippen molar-refractivity contribution in [2.24, 2.45) is 0 Å². The number of rotatable bonds is 7. The highest BCUT2D eigenvalue weighted by molar-refractivity contribution is 4.77. The summed E-state index contributed by atoms with van der Waals surface area (Å²) in [5.74, 6) is 0. The van der Waals surface area contributed by atoms with Crippen molar-refractivity contribution in [1.29, 1.82) is 0 Å². The molecule has 0 amide bonds. The summed E-state index contributed by atoms with van der Waals surface area (Å²) in [6.07, 6.45) is 5.10. The van der Waals surface area contributed by atoms with Crippen LogP contribution in [0, 0.1) is 0 Å². The third-order valence-corrected chi connectivity index (χ3v) is 1.56. The van der Waals surface area contributed by atoms with Gasteiger partial charge in [-0.25, -0.2) is 0 Å². The van der Waals surface area contributed by atoms with Crippen LogP contribution >= 0.6 is 0 Å². The molecule has 3 heteroatoms. The van der Waals surface area contributed by atoms with Crippen LogP contribution in [0.2, 0.25) is 0 Å². The first-order valence-electron chi connectivity index (χ1n) is 4.22. The van der Waals surface area contributed by atoms with Crippen molar-refractivity contribution in [3.8, 4) is 0 Å². The fraction of sp³-hybridized carbons (Fsp3) is 0.778. The minimum atomic E-state index is -0.129. The van der Waals surface area contributed by atoms with E-state index in [1.807, 2.05) is 13.0 Å². The maximum Gasteiger partial charge on any atom is 0.169 e. The molecular weight excluding hydrogens is 154 g/mol. The molecule has 0 atom stereocenters. The molecule has 0 bridgehead atoms. The lowest BCUT2D eigenvalue weighted by atomic mass is 10.4. The Kier molecular flexibility index (Phi) is 8.44. The molecule has 0 aliphatic carbocycles. The standard InChI is InChI=1S/C9H19NO2/c1-4-5-6-7-10-8-9(11-2)12-3/h4-5,9-10H,6-8H2,1-3H3/b5-4+. The van der Waals surface area contributed by atoms with E-state index in [1.54, 1.807) is 14.2 Å². The first-order chi connectivity index (χ1) is 5.85. The second kappa shape index (κ2) is 8.71. The van der Waals surface area contributed by atoms with Crippen molar-refractivity contribution in [2.75, 3.05) is 27.3 Å². The first kappa shape index (κ1) is 11.6. The number of allylic oxidation sites excluding steroid dienone is 1. The summed E-state index contributed by atoms with van der Waals surface area (Å²) < 4.78 is 10.0. The van der Waals surface area contributed by atoms with Crippen LogP contribution in [0.15, 0.2) is 12.2 Å². The van der Waals surface area contributed by atoms with E-state index >= 15 is 0 Å². The lowest BCUT2D eigenvalue weighted by Gasteiger charge is -2.13. The predicted octanol–water partition coefficient (Wildman–Crippen LogP) is 1.16. The number of methoxy groups -OCH3 is 2. The van der Waals surface area contributed by atoms with Crippen molar-refractivity contribution in [3.05, 3.63) is 12.2 Å². The van der Waals surface area contributed by atoms with Gasteiger partial charge >= 0.3 is 0 Å². The largest absolute Gasteiger partial charge is 0.355 e. The van der Waals surface area contributed by atoms with Crippen LogP contribution in [0.3, 0.4) is 0 Å². The highest BCUT2D eigenvalue weighted by atomic mass is 16.7. The number of ether oxygens (including phenoxy) is 2. The van der Waals surface area contributed by atoms with Gasteiger partial charge in [-0.05, 0) is 19.9 Å². The summed E-state index contributed by atoms with van der Waals surface area (Å²) in [7, 11) is 3.28. The SMILES string of the molecule is C/C=C/CCNCC(OC)OC. The Morgan fingerprint density at radius 1 is 1.33 bits per heavy atom. The van der Waals surface area contributed by atoms with Crippen LogP contribution in [0.1, 0.15) is 13.3 Å². The fourth-order valence-corrected chi connectivity index (χ4v) is 0.835. The fourth-order valence-electron chi connectivity index (χ4n) is 0.835. The Morgan fingerprint density at radius 2 is 2.00 bits per heavy atom. The normalized spacial score (nSPS) is 11.7. The molecule has 1 N–H and O–H groups in total. The summed E-state index contributed by atoms with van der Waals surface area (Å²) in [5.41, 5.74) is 0. The quantitative estimate of drug-likeness (QED) is 0.356. The molecule has 0 saturated carbocycles. The van der Waals surface area contributed by atoms with Crippen molar-refractivity contribution in [2.45, 2.75) is 19.6 Å². The van der Waals surface area contributed by atoms with Gasteiger partial charge in [-0.15, -0.1) is 0 Å². The molecule has 3 nitrogen and oxygen atoms in total. The van der Waals surface area contributed by atoms with Crippen LogP contribution in [0.5, 0.6) is 0 Å². The van der Waals surface area contributed by atoms with Gasteiger partial charge in [-0.1, -0.05) is 12.2 Å². The summed E-state index contributed by atoms with van der Waals surface area (Å²) in [5, 5.41) is 3.22. The third kappa shape index (κ3) is 6.34. The Hall–Kier alpha value is -0.380. The molecule has 0 aliphatic rings. The first-order valence-corrected chi connectivity index (χ1v) is 4.22. The van der Waals surface area contributed by atoms with E-state index < -0.39 is 0 Å². The molecule has 12 heavy (non-hydrogen) atoms. The molecule has 0 aromatic rings. The number of hydrogen-bond donors (Lipinski definition) is 1. The van der Waals surface area contributed by atoms with E-state index in [2.05, 4.69) is 11.4 Å². The lowest BCUT2D eigenvalue weighted by molar-refractivity contribution is -0.0985. The van der Waals surface area contributed by atoms with E-state index in [4.69, 9.17) is 9.47 Å². The van der Waals surface area contributed by atoms with Gasteiger partial charge in [-0.3, -0.25) is 0 Å². The van der Waals surface area contributed by atoms with Crippen LogP contribution < -0.4 is 5.32 Å². The monoisotopic (exact) mass is 173 g/mol. The van der Waals surface area contributed by atoms with Crippen molar-refractivity contribution in [3.63, 3.8) is 0 Å². The van der Waals surface area contributed by atoms with Gasteiger partial charge in [0.1, 0.15) is 0 Å². The number of nitrogens with one attached hydrogen (secondary N) is 1. The molecule has 0 aromatic carbocycles. The second-order valence-corrected chi connectivity index (χ2v) is 2.46. The van der Waals surface area contributed by atoms with Crippen molar-refractivity contribution < 1.29 is 9.47 Å². The highest BCUT2D eigenvalue weighted by Gasteiger charge is 2.01. The molecular formula is C9H19NO2. The maximum atomic E-state index is 5.00. The summed E-state index contributed by atoms with van der Waals surface area (Å²) in [6.45, 7) is 3.73. The highest BCUT2D eigenvalue weighted by Crippen LogP contribution is 1.87. The van der Waals surface area contributed by atoms with Gasteiger partial charge in [0.15, 0.2) is 6.29 Å².